The topological polar surface area (TPSA) is 12.0 Å². The second-order valence-electron chi connectivity index (χ2n) is 0.747. The lowest BCUT2D eigenvalue weighted by molar-refractivity contribution is 1.02. The normalized spacial score (nSPS) is 6.43. The maximum Gasteiger partial charge on any atom is 0.643 e. The molecule has 0 rings (SSSR count). The minimum atomic E-state index is -1.72. The summed E-state index contributed by atoms with van der Waals surface area (Å²) in [5, 5.41) is 2.75. The maximum absolute atomic E-state index is 4.94. The quantitative estimate of drug-likeness (QED) is 0.555. The molecule has 7 heavy (non-hydrogen) atoms. The van der Waals surface area contributed by atoms with Crippen LogP contribution in [0.3, 0.4) is 0 Å². The molecule has 0 aromatic rings. The van der Waals surface area contributed by atoms with Crippen LogP contribution in [0.4, 0.5) is 0 Å². The Balaban J connectivity index is 0. The third-order valence-corrected chi connectivity index (χ3v) is 0. The van der Waals surface area contributed by atoms with Crippen molar-refractivity contribution in [2.75, 3.05) is 14.1 Å². The molecule has 1 N–H and O–H groups in total. The van der Waals surface area contributed by atoms with E-state index in [1.807, 2.05) is 14.1 Å². The van der Waals surface area contributed by atoms with Crippen molar-refractivity contribution in [2.45, 2.75) is 0 Å². The molecular weight excluding hydrogens is 171 g/mol. The second-order valence-corrected chi connectivity index (χ2v) is 7.18. The molecule has 44 valence electrons. The van der Waals surface area contributed by atoms with E-state index in [4.69, 9.17) is 30.1 Å². The first-order chi connectivity index (χ1) is 3.15. The highest BCUT2D eigenvalue weighted by atomic mass is 35.8. The van der Waals surface area contributed by atoms with Crippen LogP contribution in [-0.2, 0) is 0 Å². The van der Waals surface area contributed by atoms with Crippen LogP contribution in [0.2, 0.25) is 0 Å². The van der Waals surface area contributed by atoms with Crippen molar-refractivity contribution in [3.05, 3.63) is 0 Å². The summed E-state index contributed by atoms with van der Waals surface area (Å²) in [5.74, 6) is 0. The molecule has 0 unspecified atom stereocenters. The van der Waals surface area contributed by atoms with Gasteiger partial charge in [-0.2, -0.15) is 0 Å². The molecule has 0 aromatic heterocycles. The van der Waals surface area contributed by atoms with Gasteiger partial charge in [-0.15, -0.1) is 0 Å². The predicted molar refractivity (Wildman–Crippen MR) is 38.3 cm³/mol. The van der Waals surface area contributed by atoms with Crippen molar-refractivity contribution in [1.82, 2.24) is 5.32 Å². The molecule has 0 saturated carbocycles. The first kappa shape index (κ1) is 11.2. The van der Waals surface area contributed by atoms with Crippen LogP contribution in [0, 0.1) is 0 Å². The zero-order valence-electron chi connectivity index (χ0n) is 4.21. The SMILES string of the molecule is CNC.[Cl][Al]([Cl])[Cl]. The molecule has 0 heterocycles. The highest BCUT2D eigenvalue weighted by Crippen LogP contribution is 1.97. The van der Waals surface area contributed by atoms with Crippen LogP contribution in [0.25, 0.3) is 0 Å². The molecule has 5 heteroatoms. The molecule has 0 saturated heterocycles. The van der Waals surface area contributed by atoms with Gasteiger partial charge >= 0.3 is 11.4 Å². The van der Waals surface area contributed by atoms with Crippen molar-refractivity contribution in [3.8, 4) is 0 Å². The third-order valence-electron chi connectivity index (χ3n) is 0. The fraction of sp³-hybridized carbons (Fsp3) is 1.00. The van der Waals surface area contributed by atoms with Crippen LogP contribution in [0.5, 0.6) is 0 Å². The Bertz CT molecular complexity index is 24.1. The molecule has 1 nitrogen and oxygen atoms in total. The molecule has 0 aliphatic carbocycles. The maximum atomic E-state index is 4.94. The summed E-state index contributed by atoms with van der Waals surface area (Å²) in [6.07, 6.45) is 0. The molecule has 0 spiro atoms. The lowest BCUT2D eigenvalue weighted by Crippen LogP contribution is -1.89. The van der Waals surface area contributed by atoms with Crippen molar-refractivity contribution in [3.63, 3.8) is 0 Å². The zero-order valence-corrected chi connectivity index (χ0v) is 7.63. The van der Waals surface area contributed by atoms with E-state index in [9.17, 15) is 0 Å². The van der Waals surface area contributed by atoms with Gasteiger partial charge in [0.1, 0.15) is 0 Å². The summed E-state index contributed by atoms with van der Waals surface area (Å²) in [5.41, 5.74) is 0. The Kier molecular flexibility index (Phi) is 16.6. The Morgan fingerprint density at radius 2 is 1.14 bits per heavy atom. The van der Waals surface area contributed by atoms with Gasteiger partial charge < -0.3 is 5.32 Å². The average Bonchev–Trinajstić information content (AvgIpc) is 1.33. The molecule has 0 atom stereocenters. The van der Waals surface area contributed by atoms with E-state index >= 15 is 0 Å². The molecular formula is C2H7AlCl3N. The highest BCUT2D eigenvalue weighted by Gasteiger charge is 2.00. The number of hydrogen-bond donors (Lipinski definition) is 1. The number of halogens is 3. The van der Waals surface area contributed by atoms with Crippen LogP contribution in [0.15, 0.2) is 0 Å². The molecule has 0 fully saturated rings. The summed E-state index contributed by atoms with van der Waals surface area (Å²) in [4.78, 5) is 0. The Morgan fingerprint density at radius 1 is 1.14 bits per heavy atom. The van der Waals surface area contributed by atoms with E-state index in [0.717, 1.165) is 0 Å². The van der Waals surface area contributed by atoms with Gasteiger partial charge in [0.15, 0.2) is 0 Å². The van der Waals surface area contributed by atoms with Gasteiger partial charge in [-0.25, -0.2) is 30.1 Å². The van der Waals surface area contributed by atoms with E-state index in [-0.39, 0.29) is 0 Å². The monoisotopic (exact) mass is 177 g/mol. The summed E-state index contributed by atoms with van der Waals surface area (Å²) in [6.45, 7) is 0. The van der Waals surface area contributed by atoms with Gasteiger partial charge in [-0.3, -0.25) is 0 Å². The molecule has 0 aliphatic heterocycles. The largest absolute Gasteiger partial charge is 0.643 e. The number of hydrogen-bond acceptors (Lipinski definition) is 1. The molecule has 0 amide bonds. The van der Waals surface area contributed by atoms with E-state index in [1.54, 1.807) is 0 Å². The molecule has 0 aromatic carbocycles. The Labute approximate surface area is 60.9 Å². The Hall–Kier alpha value is 1.36. The first-order valence-corrected chi connectivity index (χ1v) is 6.89. The molecule has 0 radical (unpaired) electrons. The van der Waals surface area contributed by atoms with E-state index in [1.165, 1.54) is 0 Å². The van der Waals surface area contributed by atoms with E-state index in [0.29, 0.717) is 0 Å². The van der Waals surface area contributed by atoms with Crippen molar-refractivity contribution < 1.29 is 0 Å². The van der Waals surface area contributed by atoms with Gasteiger partial charge in [0.05, 0.1) is 0 Å². The lowest BCUT2D eigenvalue weighted by atomic mass is 11.3. The van der Waals surface area contributed by atoms with E-state index in [2.05, 4.69) is 5.32 Å². The minimum absolute atomic E-state index is 1.72. The molecule has 0 bridgehead atoms. The fourth-order valence-corrected chi connectivity index (χ4v) is 0. The van der Waals surface area contributed by atoms with Gasteiger partial charge in [0.2, 0.25) is 0 Å². The average molecular weight is 178 g/mol. The lowest BCUT2D eigenvalue weighted by Gasteiger charge is -1.59. The minimum Gasteiger partial charge on any atom is -0.323 e. The number of rotatable bonds is 0. The van der Waals surface area contributed by atoms with Gasteiger partial charge in [-0.1, -0.05) is 0 Å². The van der Waals surface area contributed by atoms with Crippen LogP contribution < -0.4 is 5.32 Å². The third kappa shape index (κ3) is 114. The summed E-state index contributed by atoms with van der Waals surface area (Å²) < 4.78 is 0. The van der Waals surface area contributed by atoms with Crippen molar-refractivity contribution >= 4 is 41.5 Å². The fourth-order valence-electron chi connectivity index (χ4n) is 0. The van der Waals surface area contributed by atoms with Crippen molar-refractivity contribution in [2.24, 2.45) is 0 Å². The van der Waals surface area contributed by atoms with E-state index < -0.39 is 11.4 Å². The van der Waals surface area contributed by atoms with Crippen LogP contribution >= 0.6 is 30.1 Å². The first-order valence-electron chi connectivity index (χ1n) is 1.65. The number of nitrogens with one attached hydrogen (secondary N) is 1. The zero-order chi connectivity index (χ0) is 6.28. The Morgan fingerprint density at radius 3 is 1.14 bits per heavy atom. The van der Waals surface area contributed by atoms with Crippen LogP contribution in [-0.4, -0.2) is 25.5 Å². The summed E-state index contributed by atoms with van der Waals surface area (Å²) >= 11 is -1.72. The second kappa shape index (κ2) is 10.4. The summed E-state index contributed by atoms with van der Waals surface area (Å²) in [6, 6.07) is 0. The summed E-state index contributed by atoms with van der Waals surface area (Å²) in [7, 11) is 18.6. The van der Waals surface area contributed by atoms with Crippen molar-refractivity contribution in [1.29, 1.82) is 0 Å². The molecule has 0 aliphatic rings. The van der Waals surface area contributed by atoms with Gasteiger partial charge in [0.25, 0.3) is 0 Å². The van der Waals surface area contributed by atoms with Gasteiger partial charge in [-0.05, 0) is 14.1 Å². The standard InChI is InChI=1S/C2H7N.Al.3ClH/c1-3-2;;;;/h3H,1-2H3;;3*1H/q;+3;;;/p-3. The predicted octanol–water partition coefficient (Wildman–Crippen LogP) is 1.52. The smallest absolute Gasteiger partial charge is 0.323 e. The van der Waals surface area contributed by atoms with Gasteiger partial charge in [0, 0.05) is 0 Å². The highest BCUT2D eigenvalue weighted by molar-refractivity contribution is 7.54. The van der Waals surface area contributed by atoms with Crippen LogP contribution in [0.1, 0.15) is 0 Å².